The van der Waals surface area contributed by atoms with Gasteiger partial charge in [0.2, 0.25) is 5.91 Å². The van der Waals surface area contributed by atoms with Gasteiger partial charge in [-0.15, -0.1) is 11.8 Å². The fourth-order valence-electron chi connectivity index (χ4n) is 3.66. The second kappa shape index (κ2) is 9.46. The first-order valence-corrected chi connectivity index (χ1v) is 11.6. The second-order valence-corrected chi connectivity index (χ2v) is 8.94. The van der Waals surface area contributed by atoms with E-state index in [4.69, 9.17) is 0 Å². The number of nitrogens with one attached hydrogen (secondary N) is 1. The number of imide groups is 1. The first kappa shape index (κ1) is 22.6. The van der Waals surface area contributed by atoms with Gasteiger partial charge in [0.25, 0.3) is 11.8 Å². The summed E-state index contributed by atoms with van der Waals surface area (Å²) in [6.07, 6.45) is 0. The second-order valence-electron chi connectivity index (χ2n) is 7.95. The molecule has 1 aliphatic heterocycles. The lowest BCUT2D eigenvalue weighted by atomic mass is 10.0. The molecule has 0 aromatic heterocycles. The first-order chi connectivity index (χ1) is 15.8. The first-order valence-electron chi connectivity index (χ1n) is 10.6. The monoisotopic (exact) mass is 456 g/mol. The Morgan fingerprint density at radius 2 is 1.58 bits per heavy atom. The Morgan fingerprint density at radius 1 is 0.879 bits per heavy atom. The molecule has 0 saturated carbocycles. The van der Waals surface area contributed by atoms with Gasteiger partial charge >= 0.3 is 0 Å². The van der Waals surface area contributed by atoms with Crippen LogP contribution < -0.4 is 10.2 Å². The number of benzene rings is 3. The van der Waals surface area contributed by atoms with Crippen molar-refractivity contribution in [2.45, 2.75) is 26.5 Å². The molecule has 0 aliphatic carbocycles. The van der Waals surface area contributed by atoms with Crippen molar-refractivity contribution in [3.05, 3.63) is 100.0 Å². The number of amides is 3. The molecule has 1 aliphatic rings. The van der Waals surface area contributed by atoms with Crippen LogP contribution in [0.5, 0.6) is 0 Å². The summed E-state index contributed by atoms with van der Waals surface area (Å²) >= 11 is 1.38. The van der Waals surface area contributed by atoms with Crippen molar-refractivity contribution in [1.82, 2.24) is 0 Å². The van der Waals surface area contributed by atoms with E-state index >= 15 is 0 Å². The van der Waals surface area contributed by atoms with E-state index in [9.17, 15) is 14.4 Å². The van der Waals surface area contributed by atoms with Crippen molar-refractivity contribution in [3.63, 3.8) is 0 Å². The van der Waals surface area contributed by atoms with Crippen molar-refractivity contribution in [2.24, 2.45) is 0 Å². The van der Waals surface area contributed by atoms with Gasteiger partial charge in [-0.25, -0.2) is 4.90 Å². The summed E-state index contributed by atoms with van der Waals surface area (Å²) in [6, 6.07) is 22.4. The molecular weight excluding hydrogens is 432 g/mol. The van der Waals surface area contributed by atoms with Gasteiger partial charge in [0.1, 0.15) is 0 Å². The molecule has 6 heteroatoms. The average Bonchev–Trinajstić information content (AvgIpc) is 3.04. The number of aryl methyl sites for hydroxylation is 2. The largest absolute Gasteiger partial charge is 0.326 e. The summed E-state index contributed by atoms with van der Waals surface area (Å²) in [5.74, 6) is -0.277. The molecule has 4 rings (SSSR count). The van der Waals surface area contributed by atoms with Crippen LogP contribution in [0.1, 0.15) is 29.2 Å². The van der Waals surface area contributed by atoms with Crippen molar-refractivity contribution in [2.75, 3.05) is 10.2 Å². The number of hydrogen-bond donors (Lipinski definition) is 1. The van der Waals surface area contributed by atoms with E-state index in [0.29, 0.717) is 27.6 Å². The Bertz CT molecular complexity index is 1260. The Labute approximate surface area is 197 Å². The quantitative estimate of drug-likeness (QED) is 0.499. The van der Waals surface area contributed by atoms with E-state index in [2.05, 4.69) is 5.32 Å². The zero-order valence-corrected chi connectivity index (χ0v) is 19.5. The minimum atomic E-state index is -0.342. The zero-order chi connectivity index (χ0) is 23.5. The van der Waals surface area contributed by atoms with Gasteiger partial charge in [-0.2, -0.15) is 0 Å². The predicted molar refractivity (Wildman–Crippen MR) is 134 cm³/mol. The van der Waals surface area contributed by atoms with Crippen molar-refractivity contribution in [3.8, 4) is 0 Å². The van der Waals surface area contributed by atoms with Crippen LogP contribution >= 0.6 is 11.8 Å². The number of anilines is 2. The smallest absolute Gasteiger partial charge is 0.272 e. The van der Waals surface area contributed by atoms with Gasteiger partial charge < -0.3 is 5.32 Å². The lowest BCUT2D eigenvalue weighted by Crippen LogP contribution is -2.31. The highest BCUT2D eigenvalue weighted by molar-refractivity contribution is 8.03. The third kappa shape index (κ3) is 4.76. The number of thioether (sulfide) groups is 1. The minimum Gasteiger partial charge on any atom is -0.326 e. The van der Waals surface area contributed by atoms with E-state index in [1.54, 1.807) is 24.3 Å². The van der Waals surface area contributed by atoms with Crippen LogP contribution in [0.2, 0.25) is 0 Å². The van der Waals surface area contributed by atoms with Crippen molar-refractivity contribution < 1.29 is 14.4 Å². The van der Waals surface area contributed by atoms with Crippen LogP contribution in [-0.4, -0.2) is 17.7 Å². The van der Waals surface area contributed by atoms with E-state index in [-0.39, 0.29) is 17.7 Å². The standard InChI is InChI=1S/C27H24N2O3S/c1-17-9-10-21(15-18(17)2)24-25(33-16-20-7-5-4-6-8-20)27(32)29(26(24)31)23-13-11-22(12-14-23)28-19(3)30/h4-15H,16H2,1-3H3,(H,28,30). The lowest BCUT2D eigenvalue weighted by Gasteiger charge is -2.16. The average molecular weight is 457 g/mol. The summed E-state index contributed by atoms with van der Waals surface area (Å²) in [5.41, 5.74) is 5.50. The maximum absolute atomic E-state index is 13.6. The van der Waals surface area contributed by atoms with Gasteiger partial charge in [0.05, 0.1) is 16.2 Å². The summed E-state index contributed by atoms with van der Waals surface area (Å²) in [7, 11) is 0. The van der Waals surface area contributed by atoms with Gasteiger partial charge in [0.15, 0.2) is 0 Å². The maximum atomic E-state index is 13.6. The van der Waals surface area contributed by atoms with Crippen molar-refractivity contribution >= 4 is 46.4 Å². The molecule has 0 saturated heterocycles. The summed E-state index contributed by atoms with van der Waals surface area (Å²) < 4.78 is 0. The molecule has 0 bridgehead atoms. The molecule has 3 aromatic rings. The van der Waals surface area contributed by atoms with Gasteiger partial charge in [-0.05, 0) is 60.4 Å². The molecule has 5 nitrogen and oxygen atoms in total. The molecule has 3 aromatic carbocycles. The van der Waals surface area contributed by atoms with Crippen LogP contribution in [0.15, 0.2) is 77.7 Å². The van der Waals surface area contributed by atoms with E-state index in [0.717, 1.165) is 22.3 Å². The highest BCUT2D eigenvalue weighted by atomic mass is 32.2. The number of carbonyl (C=O) groups excluding carboxylic acids is 3. The molecule has 33 heavy (non-hydrogen) atoms. The lowest BCUT2D eigenvalue weighted by molar-refractivity contribution is -0.120. The highest BCUT2D eigenvalue weighted by Gasteiger charge is 2.40. The fourth-order valence-corrected chi connectivity index (χ4v) is 4.72. The molecule has 0 fully saturated rings. The third-order valence-electron chi connectivity index (χ3n) is 5.51. The minimum absolute atomic E-state index is 0.186. The zero-order valence-electron chi connectivity index (χ0n) is 18.7. The van der Waals surface area contributed by atoms with Gasteiger partial charge in [-0.1, -0.05) is 48.5 Å². The SMILES string of the molecule is CC(=O)Nc1ccc(N2C(=O)C(SCc3ccccc3)=C(c3ccc(C)c(C)c3)C2=O)cc1. The number of carbonyl (C=O) groups is 3. The van der Waals surface area contributed by atoms with Crippen LogP contribution in [0.25, 0.3) is 5.57 Å². The van der Waals surface area contributed by atoms with Crippen LogP contribution in [0.4, 0.5) is 11.4 Å². The molecule has 0 spiro atoms. The Balaban J connectivity index is 1.71. The Hall–Kier alpha value is -3.64. The van der Waals surface area contributed by atoms with Crippen LogP contribution in [0, 0.1) is 13.8 Å². The number of nitrogens with zero attached hydrogens (tertiary/aromatic N) is 1. The molecule has 166 valence electrons. The van der Waals surface area contributed by atoms with E-state index in [1.165, 1.54) is 23.6 Å². The fraction of sp³-hybridized carbons (Fsp3) is 0.148. The normalized spacial score (nSPS) is 13.6. The Kier molecular flexibility index (Phi) is 6.47. The molecule has 0 unspecified atom stereocenters. The molecule has 0 atom stereocenters. The molecular formula is C27H24N2O3S. The third-order valence-corrected chi connectivity index (χ3v) is 6.65. The summed E-state index contributed by atoms with van der Waals surface area (Å²) in [4.78, 5) is 40.0. The molecule has 1 N–H and O–H groups in total. The Morgan fingerprint density at radius 3 is 2.21 bits per heavy atom. The predicted octanol–water partition coefficient (Wildman–Crippen LogP) is 5.48. The maximum Gasteiger partial charge on any atom is 0.272 e. The van der Waals surface area contributed by atoms with Crippen molar-refractivity contribution in [1.29, 1.82) is 0 Å². The van der Waals surface area contributed by atoms with Gasteiger partial charge in [-0.3, -0.25) is 14.4 Å². The summed E-state index contributed by atoms with van der Waals surface area (Å²) in [5, 5.41) is 2.70. The van der Waals surface area contributed by atoms with Crippen LogP contribution in [0.3, 0.4) is 0 Å². The van der Waals surface area contributed by atoms with Crippen LogP contribution in [-0.2, 0) is 20.1 Å². The molecule has 3 amide bonds. The molecule has 1 heterocycles. The molecule has 0 radical (unpaired) electrons. The number of hydrogen-bond acceptors (Lipinski definition) is 4. The highest BCUT2D eigenvalue weighted by Crippen LogP contribution is 2.40. The topological polar surface area (TPSA) is 66.5 Å². The summed E-state index contributed by atoms with van der Waals surface area (Å²) in [6.45, 7) is 5.44. The number of rotatable bonds is 6. The van der Waals surface area contributed by atoms with Gasteiger partial charge in [0, 0.05) is 18.4 Å². The van der Waals surface area contributed by atoms with E-state index in [1.807, 2.05) is 62.4 Å². The van der Waals surface area contributed by atoms with E-state index < -0.39 is 0 Å².